The number of rotatable bonds is 4. The Balaban J connectivity index is 1.63. The van der Waals surface area contributed by atoms with E-state index in [1.54, 1.807) is 4.90 Å². The first-order valence-electron chi connectivity index (χ1n) is 8.67. The molecule has 1 fully saturated rings. The Morgan fingerprint density at radius 3 is 2.50 bits per heavy atom. The summed E-state index contributed by atoms with van der Waals surface area (Å²) in [4.78, 5) is 30.4. The highest BCUT2D eigenvalue weighted by molar-refractivity contribution is 5.90. The smallest absolute Gasteiger partial charge is 0.357 e. The van der Waals surface area contributed by atoms with Gasteiger partial charge in [0.15, 0.2) is 12.3 Å². The van der Waals surface area contributed by atoms with Crippen molar-refractivity contribution in [3.63, 3.8) is 0 Å². The van der Waals surface area contributed by atoms with Crippen molar-refractivity contribution in [3.8, 4) is 5.69 Å². The highest BCUT2D eigenvalue weighted by atomic mass is 19.1. The van der Waals surface area contributed by atoms with Crippen LogP contribution in [-0.4, -0.2) is 46.0 Å². The fourth-order valence-electron chi connectivity index (χ4n) is 3.41. The summed E-state index contributed by atoms with van der Waals surface area (Å²) >= 11 is 0. The fraction of sp³-hybridized carbons (Fsp3) is 0.421. The van der Waals surface area contributed by atoms with Gasteiger partial charge in [-0.15, -0.1) is 0 Å². The molecule has 0 unspecified atom stereocenters. The minimum atomic E-state index is -0.640. The van der Waals surface area contributed by atoms with E-state index in [1.165, 1.54) is 41.4 Å². The zero-order valence-corrected chi connectivity index (χ0v) is 14.9. The van der Waals surface area contributed by atoms with Gasteiger partial charge in [0.25, 0.3) is 5.91 Å². The second-order valence-electron chi connectivity index (χ2n) is 6.95. The molecule has 2 aromatic rings. The van der Waals surface area contributed by atoms with Crippen LogP contribution in [-0.2, 0) is 9.53 Å². The molecular formula is C19H22FN3O3. The number of carbonyl (C=O) groups excluding carboxylic acids is 2. The molecule has 1 aliphatic heterocycles. The molecule has 1 amide bonds. The van der Waals surface area contributed by atoms with Crippen molar-refractivity contribution in [2.45, 2.75) is 20.3 Å². The number of aromatic nitrogens is 2. The predicted octanol–water partition coefficient (Wildman–Crippen LogP) is 2.67. The van der Waals surface area contributed by atoms with Crippen molar-refractivity contribution < 1.29 is 18.7 Å². The van der Waals surface area contributed by atoms with Gasteiger partial charge in [0.2, 0.25) is 0 Å². The van der Waals surface area contributed by atoms with Crippen LogP contribution in [0.5, 0.6) is 0 Å². The number of hydrogen-bond acceptors (Lipinski definition) is 4. The molecule has 26 heavy (non-hydrogen) atoms. The van der Waals surface area contributed by atoms with E-state index in [0.29, 0.717) is 30.6 Å². The SMILES string of the molecule is C[C@@H]1C[C@@H](C)CN(C(=O)COC(=O)c2cncn2-c2ccc(F)cc2)C1. The van der Waals surface area contributed by atoms with E-state index < -0.39 is 5.97 Å². The van der Waals surface area contributed by atoms with Crippen LogP contribution in [0.4, 0.5) is 4.39 Å². The number of nitrogens with zero attached hydrogens (tertiary/aromatic N) is 3. The molecule has 3 rings (SSSR count). The molecule has 1 aromatic heterocycles. The molecule has 2 heterocycles. The normalized spacial score (nSPS) is 20.0. The number of piperidine rings is 1. The van der Waals surface area contributed by atoms with Crippen molar-refractivity contribution in [1.82, 2.24) is 14.5 Å². The summed E-state index contributed by atoms with van der Waals surface area (Å²) in [6.45, 7) is 5.31. The third-order valence-corrected chi connectivity index (χ3v) is 4.50. The van der Waals surface area contributed by atoms with Gasteiger partial charge in [0.1, 0.15) is 5.82 Å². The molecule has 0 aliphatic carbocycles. The number of esters is 1. The Morgan fingerprint density at radius 2 is 1.85 bits per heavy atom. The lowest BCUT2D eigenvalue weighted by atomic mass is 9.92. The van der Waals surface area contributed by atoms with Gasteiger partial charge in [-0.2, -0.15) is 0 Å². The average Bonchev–Trinajstić information content (AvgIpc) is 3.09. The summed E-state index contributed by atoms with van der Waals surface area (Å²) in [5.74, 6) is -0.312. The van der Waals surface area contributed by atoms with Crippen LogP contribution < -0.4 is 0 Å². The summed E-state index contributed by atoms with van der Waals surface area (Å²) in [5, 5.41) is 0. The number of imidazole rings is 1. The summed E-state index contributed by atoms with van der Waals surface area (Å²) in [6, 6.07) is 5.67. The number of benzene rings is 1. The highest BCUT2D eigenvalue weighted by Gasteiger charge is 2.26. The third kappa shape index (κ3) is 4.09. The number of ether oxygens (including phenoxy) is 1. The maximum Gasteiger partial charge on any atom is 0.357 e. The van der Waals surface area contributed by atoms with Gasteiger partial charge in [0, 0.05) is 18.8 Å². The van der Waals surface area contributed by atoms with Gasteiger partial charge < -0.3 is 9.64 Å². The molecule has 0 bridgehead atoms. The van der Waals surface area contributed by atoms with E-state index >= 15 is 0 Å². The molecule has 0 radical (unpaired) electrons. The molecule has 1 saturated heterocycles. The highest BCUT2D eigenvalue weighted by Crippen LogP contribution is 2.21. The van der Waals surface area contributed by atoms with Crippen LogP contribution in [0.1, 0.15) is 30.8 Å². The van der Waals surface area contributed by atoms with Crippen LogP contribution in [0, 0.1) is 17.7 Å². The lowest BCUT2D eigenvalue weighted by molar-refractivity contribution is -0.137. The summed E-state index contributed by atoms with van der Waals surface area (Å²) in [5.41, 5.74) is 0.769. The molecule has 0 spiro atoms. The summed E-state index contributed by atoms with van der Waals surface area (Å²) in [6.07, 6.45) is 3.90. The lowest BCUT2D eigenvalue weighted by Gasteiger charge is -2.34. The van der Waals surface area contributed by atoms with Gasteiger partial charge in [-0.05, 0) is 42.5 Å². The Kier molecular flexibility index (Phi) is 5.35. The summed E-state index contributed by atoms with van der Waals surface area (Å²) in [7, 11) is 0. The minimum Gasteiger partial charge on any atom is -0.451 e. The Morgan fingerprint density at radius 1 is 1.19 bits per heavy atom. The molecule has 0 N–H and O–H groups in total. The molecule has 1 aromatic carbocycles. The second kappa shape index (κ2) is 7.68. The van der Waals surface area contributed by atoms with Crippen molar-refractivity contribution in [2.24, 2.45) is 11.8 Å². The van der Waals surface area contributed by atoms with E-state index in [4.69, 9.17) is 4.74 Å². The Hall–Kier alpha value is -2.70. The maximum atomic E-state index is 13.1. The van der Waals surface area contributed by atoms with Gasteiger partial charge in [-0.25, -0.2) is 14.2 Å². The van der Waals surface area contributed by atoms with E-state index in [0.717, 1.165) is 6.42 Å². The largest absolute Gasteiger partial charge is 0.451 e. The molecular weight excluding hydrogens is 337 g/mol. The Labute approximate surface area is 151 Å². The van der Waals surface area contributed by atoms with Gasteiger partial charge in [0.05, 0.1) is 12.5 Å². The number of likely N-dealkylation sites (tertiary alicyclic amines) is 1. The fourth-order valence-corrected chi connectivity index (χ4v) is 3.41. The van der Waals surface area contributed by atoms with Gasteiger partial charge >= 0.3 is 5.97 Å². The van der Waals surface area contributed by atoms with Crippen LogP contribution >= 0.6 is 0 Å². The van der Waals surface area contributed by atoms with Crippen molar-refractivity contribution in [1.29, 1.82) is 0 Å². The zero-order chi connectivity index (χ0) is 18.7. The number of hydrogen-bond donors (Lipinski definition) is 0. The summed E-state index contributed by atoms with van der Waals surface area (Å²) < 4.78 is 19.8. The third-order valence-electron chi connectivity index (χ3n) is 4.50. The first-order valence-corrected chi connectivity index (χ1v) is 8.67. The Bertz CT molecular complexity index is 778. The lowest BCUT2D eigenvalue weighted by Crippen LogP contribution is -2.44. The maximum absolute atomic E-state index is 13.1. The van der Waals surface area contributed by atoms with E-state index in [9.17, 15) is 14.0 Å². The average molecular weight is 359 g/mol. The minimum absolute atomic E-state index is 0.185. The zero-order valence-electron chi connectivity index (χ0n) is 14.9. The van der Waals surface area contributed by atoms with Crippen LogP contribution in [0.2, 0.25) is 0 Å². The van der Waals surface area contributed by atoms with Crippen LogP contribution in [0.15, 0.2) is 36.8 Å². The topological polar surface area (TPSA) is 64.4 Å². The van der Waals surface area contributed by atoms with Gasteiger partial charge in [-0.3, -0.25) is 9.36 Å². The van der Waals surface area contributed by atoms with E-state index in [1.807, 2.05) is 0 Å². The van der Waals surface area contributed by atoms with Crippen LogP contribution in [0.3, 0.4) is 0 Å². The van der Waals surface area contributed by atoms with E-state index in [2.05, 4.69) is 18.8 Å². The van der Waals surface area contributed by atoms with Gasteiger partial charge in [-0.1, -0.05) is 13.8 Å². The quantitative estimate of drug-likeness (QED) is 0.788. The molecule has 7 heteroatoms. The van der Waals surface area contributed by atoms with Crippen molar-refractivity contribution >= 4 is 11.9 Å². The molecule has 6 nitrogen and oxygen atoms in total. The molecule has 138 valence electrons. The molecule has 2 atom stereocenters. The van der Waals surface area contributed by atoms with Crippen molar-refractivity contribution in [3.05, 3.63) is 48.3 Å². The molecule has 1 aliphatic rings. The standard InChI is InChI=1S/C19H22FN3O3/c1-13-7-14(2)10-22(9-13)18(24)11-26-19(25)17-8-21-12-23(17)16-5-3-15(20)4-6-16/h3-6,8,12-14H,7,9-11H2,1-2H3/t13-,14-/m1/s1. The van der Waals surface area contributed by atoms with E-state index in [-0.39, 0.29) is 24.0 Å². The predicted molar refractivity (Wildman–Crippen MR) is 93.3 cm³/mol. The second-order valence-corrected chi connectivity index (χ2v) is 6.95. The number of carbonyl (C=O) groups is 2. The number of amides is 1. The monoisotopic (exact) mass is 359 g/mol. The first-order chi connectivity index (χ1) is 12.4. The molecule has 0 saturated carbocycles. The van der Waals surface area contributed by atoms with Crippen molar-refractivity contribution in [2.75, 3.05) is 19.7 Å². The number of halogens is 1. The first kappa shape index (κ1) is 18.1. The van der Waals surface area contributed by atoms with Crippen LogP contribution in [0.25, 0.3) is 5.69 Å².